The van der Waals surface area contributed by atoms with Crippen LogP contribution in [0.3, 0.4) is 0 Å². The number of nitrogens with one attached hydrogen (secondary N) is 2. The molecule has 2 aliphatic rings. The van der Waals surface area contributed by atoms with Crippen LogP contribution in [0.25, 0.3) is 0 Å². The summed E-state index contributed by atoms with van der Waals surface area (Å²) in [6.45, 7) is 10.2. The van der Waals surface area contributed by atoms with E-state index in [1.54, 1.807) is 0 Å². The molecule has 1 atom stereocenters. The maximum atomic E-state index is 12.0. The lowest BCUT2D eigenvalue weighted by Gasteiger charge is -2.32. The molecule has 124 valence electrons. The average Bonchev–Trinajstić information content (AvgIpc) is 2.52. The van der Waals surface area contributed by atoms with Crippen molar-refractivity contribution in [2.24, 2.45) is 0 Å². The Morgan fingerprint density at radius 1 is 1.24 bits per heavy atom. The highest BCUT2D eigenvalue weighted by Gasteiger charge is 2.22. The molecule has 2 heterocycles. The Labute approximate surface area is 128 Å². The SMILES string of the molecule is CCN1CCOC(CNS(=O)(=O)CCN2CCNCC2)C1. The van der Waals surface area contributed by atoms with Crippen LogP contribution < -0.4 is 10.0 Å². The molecule has 0 aromatic heterocycles. The predicted molar refractivity (Wildman–Crippen MR) is 83.0 cm³/mol. The predicted octanol–water partition coefficient (Wildman–Crippen LogP) is -1.47. The summed E-state index contributed by atoms with van der Waals surface area (Å²) >= 11 is 0. The molecule has 2 aliphatic heterocycles. The van der Waals surface area contributed by atoms with Crippen LogP contribution in [0.15, 0.2) is 0 Å². The number of rotatable bonds is 7. The molecule has 8 heteroatoms. The minimum atomic E-state index is -3.22. The van der Waals surface area contributed by atoms with E-state index >= 15 is 0 Å². The number of hydrogen-bond donors (Lipinski definition) is 2. The van der Waals surface area contributed by atoms with Gasteiger partial charge < -0.3 is 10.1 Å². The van der Waals surface area contributed by atoms with Gasteiger partial charge in [-0.1, -0.05) is 6.92 Å². The summed E-state index contributed by atoms with van der Waals surface area (Å²) in [5.41, 5.74) is 0. The van der Waals surface area contributed by atoms with Gasteiger partial charge in [-0.25, -0.2) is 13.1 Å². The highest BCUT2D eigenvalue weighted by atomic mass is 32.2. The van der Waals surface area contributed by atoms with Gasteiger partial charge >= 0.3 is 0 Å². The minimum Gasteiger partial charge on any atom is -0.374 e. The smallest absolute Gasteiger partial charge is 0.212 e. The summed E-state index contributed by atoms with van der Waals surface area (Å²) in [4.78, 5) is 4.47. The van der Waals surface area contributed by atoms with E-state index in [9.17, 15) is 8.42 Å². The van der Waals surface area contributed by atoms with E-state index in [2.05, 4.69) is 26.8 Å². The fourth-order valence-corrected chi connectivity index (χ4v) is 3.75. The van der Waals surface area contributed by atoms with E-state index in [0.29, 0.717) is 19.7 Å². The first-order chi connectivity index (χ1) is 10.1. The van der Waals surface area contributed by atoms with Gasteiger partial charge in [-0.05, 0) is 6.54 Å². The van der Waals surface area contributed by atoms with Crippen LogP contribution in [0, 0.1) is 0 Å². The minimum absolute atomic E-state index is 0.0346. The van der Waals surface area contributed by atoms with Gasteiger partial charge in [0.05, 0.1) is 18.5 Å². The number of nitrogens with zero attached hydrogens (tertiary/aromatic N) is 2. The second-order valence-corrected chi connectivity index (χ2v) is 7.57. The van der Waals surface area contributed by atoms with Crippen LogP contribution in [0.4, 0.5) is 0 Å². The van der Waals surface area contributed by atoms with Crippen LogP contribution in [0.1, 0.15) is 6.92 Å². The first-order valence-corrected chi connectivity index (χ1v) is 9.48. The van der Waals surface area contributed by atoms with Crippen molar-refractivity contribution in [3.63, 3.8) is 0 Å². The van der Waals surface area contributed by atoms with Gasteiger partial charge in [-0.15, -0.1) is 0 Å². The van der Waals surface area contributed by atoms with Crippen molar-refractivity contribution in [1.29, 1.82) is 0 Å². The second kappa shape index (κ2) is 8.40. The normalized spacial score (nSPS) is 26.0. The molecule has 1 unspecified atom stereocenters. The third kappa shape index (κ3) is 6.17. The molecule has 0 spiro atoms. The fourth-order valence-electron chi connectivity index (χ4n) is 2.67. The van der Waals surface area contributed by atoms with Crippen LogP contribution >= 0.6 is 0 Å². The Morgan fingerprint density at radius 3 is 2.71 bits per heavy atom. The third-order valence-electron chi connectivity index (χ3n) is 4.09. The van der Waals surface area contributed by atoms with Gasteiger partial charge in [0.15, 0.2) is 0 Å². The number of piperazine rings is 1. The number of hydrogen-bond acceptors (Lipinski definition) is 6. The van der Waals surface area contributed by atoms with Crippen molar-refractivity contribution in [2.75, 3.05) is 71.3 Å². The molecule has 0 saturated carbocycles. The van der Waals surface area contributed by atoms with Crippen molar-refractivity contribution < 1.29 is 13.2 Å². The molecule has 0 aliphatic carbocycles. The molecular formula is C13H28N4O3S. The molecule has 2 rings (SSSR count). The topological polar surface area (TPSA) is 73.9 Å². The summed E-state index contributed by atoms with van der Waals surface area (Å²) in [5.74, 6) is 0.164. The monoisotopic (exact) mass is 320 g/mol. The second-order valence-electron chi connectivity index (χ2n) is 5.65. The summed E-state index contributed by atoms with van der Waals surface area (Å²) in [6.07, 6.45) is -0.0346. The Balaban J connectivity index is 1.68. The first kappa shape index (κ1) is 17.1. The molecule has 0 aromatic carbocycles. The number of sulfonamides is 1. The lowest BCUT2D eigenvalue weighted by Crippen LogP contribution is -2.49. The van der Waals surface area contributed by atoms with E-state index in [-0.39, 0.29) is 11.9 Å². The van der Waals surface area contributed by atoms with E-state index < -0.39 is 10.0 Å². The van der Waals surface area contributed by atoms with Crippen molar-refractivity contribution >= 4 is 10.0 Å². The van der Waals surface area contributed by atoms with Crippen molar-refractivity contribution in [3.8, 4) is 0 Å². The van der Waals surface area contributed by atoms with E-state index in [4.69, 9.17) is 4.74 Å². The molecule has 2 saturated heterocycles. The average molecular weight is 320 g/mol. The highest BCUT2D eigenvalue weighted by molar-refractivity contribution is 7.89. The maximum absolute atomic E-state index is 12.0. The van der Waals surface area contributed by atoms with Gasteiger partial charge in [-0.3, -0.25) is 9.80 Å². The summed E-state index contributed by atoms with van der Waals surface area (Å²) < 4.78 is 32.4. The van der Waals surface area contributed by atoms with Gasteiger partial charge in [0.1, 0.15) is 0 Å². The Bertz CT molecular complexity index is 398. The third-order valence-corrected chi connectivity index (χ3v) is 5.41. The molecular weight excluding hydrogens is 292 g/mol. The molecule has 0 amide bonds. The molecule has 2 fully saturated rings. The fraction of sp³-hybridized carbons (Fsp3) is 1.00. The number of ether oxygens (including phenoxy) is 1. The van der Waals surface area contributed by atoms with Crippen molar-refractivity contribution in [3.05, 3.63) is 0 Å². The lowest BCUT2D eigenvalue weighted by molar-refractivity contribution is -0.0229. The zero-order valence-electron chi connectivity index (χ0n) is 12.9. The highest BCUT2D eigenvalue weighted by Crippen LogP contribution is 2.04. The van der Waals surface area contributed by atoms with Crippen LogP contribution in [-0.4, -0.2) is 95.6 Å². The van der Waals surface area contributed by atoms with Gasteiger partial charge in [0, 0.05) is 52.4 Å². The largest absolute Gasteiger partial charge is 0.374 e. The molecule has 0 aromatic rings. The van der Waals surface area contributed by atoms with E-state index in [1.165, 1.54) is 0 Å². The number of likely N-dealkylation sites (N-methyl/N-ethyl adjacent to an activating group) is 1. The van der Waals surface area contributed by atoms with Crippen molar-refractivity contribution in [1.82, 2.24) is 19.8 Å². The summed E-state index contributed by atoms with van der Waals surface area (Å²) in [6, 6.07) is 0. The zero-order chi connectivity index (χ0) is 15.1. The lowest BCUT2D eigenvalue weighted by atomic mass is 10.3. The summed E-state index contributed by atoms with van der Waals surface area (Å²) in [7, 11) is -3.22. The Hall–Kier alpha value is -0.250. The Morgan fingerprint density at radius 2 is 2.00 bits per heavy atom. The molecule has 0 bridgehead atoms. The van der Waals surface area contributed by atoms with E-state index in [1.807, 2.05) is 0 Å². The standard InChI is InChI=1S/C13H28N4O3S/c1-2-16-7-9-20-13(12-16)11-15-21(18,19)10-8-17-5-3-14-4-6-17/h13-15H,2-12H2,1H3. The number of morpholine rings is 1. The molecule has 2 N–H and O–H groups in total. The Kier molecular flexibility index (Phi) is 6.84. The molecule has 7 nitrogen and oxygen atoms in total. The van der Waals surface area contributed by atoms with E-state index in [0.717, 1.165) is 45.8 Å². The van der Waals surface area contributed by atoms with Crippen LogP contribution in [-0.2, 0) is 14.8 Å². The van der Waals surface area contributed by atoms with Gasteiger partial charge in [0.25, 0.3) is 0 Å². The van der Waals surface area contributed by atoms with Gasteiger partial charge in [-0.2, -0.15) is 0 Å². The quantitative estimate of drug-likeness (QED) is 0.597. The first-order valence-electron chi connectivity index (χ1n) is 7.83. The molecule has 21 heavy (non-hydrogen) atoms. The summed E-state index contributed by atoms with van der Waals surface area (Å²) in [5, 5.41) is 3.26. The van der Waals surface area contributed by atoms with Crippen LogP contribution in [0.5, 0.6) is 0 Å². The molecule has 0 radical (unpaired) electrons. The maximum Gasteiger partial charge on any atom is 0.212 e. The van der Waals surface area contributed by atoms with Crippen LogP contribution in [0.2, 0.25) is 0 Å². The van der Waals surface area contributed by atoms with Gasteiger partial charge in [0.2, 0.25) is 10.0 Å². The van der Waals surface area contributed by atoms with Crippen molar-refractivity contribution in [2.45, 2.75) is 13.0 Å². The zero-order valence-corrected chi connectivity index (χ0v) is 13.7.